The van der Waals surface area contributed by atoms with Crippen LogP contribution in [0.1, 0.15) is 48.8 Å². The normalized spacial score (nSPS) is 16.3. The van der Waals surface area contributed by atoms with Crippen molar-refractivity contribution in [3.8, 4) is 11.1 Å². The van der Waals surface area contributed by atoms with Crippen molar-refractivity contribution in [2.24, 2.45) is 0 Å². The molecule has 0 spiro atoms. The van der Waals surface area contributed by atoms with Crippen molar-refractivity contribution >= 4 is 17.4 Å². The highest BCUT2D eigenvalue weighted by Crippen LogP contribution is 2.41. The maximum Gasteiger partial charge on any atom is 0.408 e. The van der Waals surface area contributed by atoms with E-state index in [1.54, 1.807) is 6.07 Å². The SMILES string of the molecule is CC(C)c1ncc(C(=O)Nc2c(-c3ccccc3)ccnc2N2CCC[C@@H]2C(F)(F)F)cn1. The average Bonchev–Trinajstić information content (AvgIpc) is 3.30. The van der Waals surface area contributed by atoms with Crippen LogP contribution in [0.5, 0.6) is 0 Å². The van der Waals surface area contributed by atoms with Gasteiger partial charge in [-0.2, -0.15) is 13.2 Å². The molecule has 1 aromatic carbocycles. The molecule has 9 heteroatoms. The molecule has 2 aromatic heterocycles. The number of alkyl halides is 3. The van der Waals surface area contributed by atoms with Gasteiger partial charge in [-0.05, 0) is 24.5 Å². The fraction of sp³-hybridized carbons (Fsp3) is 0.333. The first-order chi connectivity index (χ1) is 15.8. The van der Waals surface area contributed by atoms with Crippen LogP contribution in [0.4, 0.5) is 24.7 Å². The van der Waals surface area contributed by atoms with Crippen LogP contribution in [0.25, 0.3) is 11.1 Å². The van der Waals surface area contributed by atoms with Crippen LogP contribution >= 0.6 is 0 Å². The summed E-state index contributed by atoms with van der Waals surface area (Å²) < 4.78 is 41.1. The molecule has 3 aromatic rings. The lowest BCUT2D eigenvalue weighted by Gasteiger charge is -2.30. The fourth-order valence-corrected chi connectivity index (χ4v) is 3.95. The van der Waals surface area contributed by atoms with Gasteiger partial charge < -0.3 is 10.2 Å². The Morgan fingerprint density at radius 1 is 1.09 bits per heavy atom. The third-order valence-electron chi connectivity index (χ3n) is 5.61. The van der Waals surface area contributed by atoms with Crippen LogP contribution in [0.2, 0.25) is 0 Å². The van der Waals surface area contributed by atoms with E-state index in [9.17, 15) is 18.0 Å². The standard InChI is InChI=1S/C24H24F3N5O/c1-15(2)21-29-13-17(14-30-21)23(33)31-20-18(16-7-4-3-5-8-16)10-11-28-22(20)32-12-6-9-19(32)24(25,26)27/h3-5,7-8,10-11,13-15,19H,6,9,12H2,1-2H3,(H,31,33)/t19-/m1/s1. The molecule has 172 valence electrons. The average molecular weight is 455 g/mol. The van der Waals surface area contributed by atoms with Crippen LogP contribution in [-0.2, 0) is 0 Å². The number of amides is 1. The molecule has 0 bridgehead atoms. The van der Waals surface area contributed by atoms with Gasteiger partial charge in [0.15, 0.2) is 5.82 Å². The number of aromatic nitrogens is 3. The maximum absolute atomic E-state index is 13.7. The Morgan fingerprint density at radius 3 is 2.42 bits per heavy atom. The van der Waals surface area contributed by atoms with Gasteiger partial charge in [0, 0.05) is 36.6 Å². The van der Waals surface area contributed by atoms with E-state index in [1.807, 2.05) is 44.2 Å². The first-order valence-corrected chi connectivity index (χ1v) is 10.8. The molecule has 0 unspecified atom stereocenters. The predicted molar refractivity (Wildman–Crippen MR) is 120 cm³/mol. The zero-order valence-corrected chi connectivity index (χ0v) is 18.3. The smallest absolute Gasteiger partial charge is 0.343 e. The first kappa shape index (κ1) is 22.7. The largest absolute Gasteiger partial charge is 0.408 e. The summed E-state index contributed by atoms with van der Waals surface area (Å²) >= 11 is 0. The molecule has 1 saturated heterocycles. The quantitative estimate of drug-likeness (QED) is 0.554. The van der Waals surface area contributed by atoms with Gasteiger partial charge in [-0.1, -0.05) is 44.2 Å². The van der Waals surface area contributed by atoms with Gasteiger partial charge in [0.05, 0.1) is 11.3 Å². The Balaban J connectivity index is 1.76. The molecule has 0 saturated carbocycles. The van der Waals surface area contributed by atoms with E-state index in [2.05, 4.69) is 20.3 Å². The zero-order chi connectivity index (χ0) is 23.6. The molecule has 3 heterocycles. The topological polar surface area (TPSA) is 71.0 Å². The van der Waals surface area contributed by atoms with Gasteiger partial charge in [-0.3, -0.25) is 4.79 Å². The van der Waals surface area contributed by atoms with Crippen molar-refractivity contribution < 1.29 is 18.0 Å². The van der Waals surface area contributed by atoms with Crippen molar-refractivity contribution in [2.45, 2.75) is 44.8 Å². The van der Waals surface area contributed by atoms with Crippen molar-refractivity contribution in [1.29, 1.82) is 0 Å². The lowest BCUT2D eigenvalue weighted by Crippen LogP contribution is -2.42. The number of carbonyl (C=O) groups excluding carboxylic acids is 1. The van der Waals surface area contributed by atoms with Gasteiger partial charge in [0.25, 0.3) is 5.91 Å². The summed E-state index contributed by atoms with van der Waals surface area (Å²) in [6, 6.07) is 9.20. The molecule has 1 N–H and O–H groups in total. The minimum absolute atomic E-state index is 0.0152. The van der Waals surface area contributed by atoms with E-state index in [4.69, 9.17) is 0 Å². The number of pyridine rings is 1. The molecular formula is C24H24F3N5O. The van der Waals surface area contributed by atoms with E-state index >= 15 is 0 Å². The lowest BCUT2D eigenvalue weighted by atomic mass is 10.0. The lowest BCUT2D eigenvalue weighted by molar-refractivity contribution is -0.146. The van der Waals surface area contributed by atoms with Crippen LogP contribution in [0, 0.1) is 0 Å². The van der Waals surface area contributed by atoms with Gasteiger partial charge in [-0.25, -0.2) is 15.0 Å². The Morgan fingerprint density at radius 2 is 1.79 bits per heavy atom. The highest BCUT2D eigenvalue weighted by Gasteiger charge is 2.47. The van der Waals surface area contributed by atoms with Crippen LogP contribution in [0.15, 0.2) is 55.0 Å². The summed E-state index contributed by atoms with van der Waals surface area (Å²) in [7, 11) is 0. The highest BCUT2D eigenvalue weighted by atomic mass is 19.4. The molecule has 1 atom stereocenters. The third-order valence-corrected chi connectivity index (χ3v) is 5.61. The fourth-order valence-electron chi connectivity index (χ4n) is 3.95. The summed E-state index contributed by atoms with van der Waals surface area (Å²) in [5, 5.41) is 2.80. The number of benzene rings is 1. The number of nitrogens with zero attached hydrogens (tertiary/aromatic N) is 4. The van der Waals surface area contributed by atoms with Gasteiger partial charge >= 0.3 is 6.18 Å². The Kier molecular flexibility index (Phi) is 6.31. The van der Waals surface area contributed by atoms with Crippen molar-refractivity contribution in [1.82, 2.24) is 15.0 Å². The molecule has 1 amide bonds. The minimum Gasteiger partial charge on any atom is -0.343 e. The van der Waals surface area contributed by atoms with Gasteiger partial charge in [-0.15, -0.1) is 0 Å². The second-order valence-corrected chi connectivity index (χ2v) is 8.25. The summed E-state index contributed by atoms with van der Waals surface area (Å²) in [6.45, 7) is 4.08. The van der Waals surface area contributed by atoms with Crippen molar-refractivity contribution in [2.75, 3.05) is 16.8 Å². The number of hydrogen-bond donors (Lipinski definition) is 1. The molecule has 1 aliphatic heterocycles. The minimum atomic E-state index is -4.40. The predicted octanol–water partition coefficient (Wildman–Crippen LogP) is 5.45. The second kappa shape index (κ2) is 9.17. The Labute approximate surface area is 189 Å². The number of anilines is 2. The van der Waals surface area contributed by atoms with Crippen LogP contribution in [-0.4, -0.2) is 39.6 Å². The Bertz CT molecular complexity index is 1120. The summed E-state index contributed by atoms with van der Waals surface area (Å²) in [5.74, 6) is 0.290. The number of hydrogen-bond acceptors (Lipinski definition) is 5. The molecule has 33 heavy (non-hydrogen) atoms. The Hall–Kier alpha value is -3.49. The molecule has 1 fully saturated rings. The van der Waals surface area contributed by atoms with Gasteiger partial charge in [0.2, 0.25) is 0 Å². The van der Waals surface area contributed by atoms with Crippen molar-refractivity contribution in [3.63, 3.8) is 0 Å². The van der Waals surface area contributed by atoms with Gasteiger partial charge in [0.1, 0.15) is 11.9 Å². The molecule has 6 nitrogen and oxygen atoms in total. The van der Waals surface area contributed by atoms with E-state index < -0.39 is 18.1 Å². The summed E-state index contributed by atoms with van der Waals surface area (Å²) in [4.78, 5) is 27.0. The molecule has 1 aliphatic rings. The highest BCUT2D eigenvalue weighted by molar-refractivity contribution is 6.08. The zero-order valence-electron chi connectivity index (χ0n) is 18.3. The number of rotatable bonds is 5. The number of halogens is 3. The second-order valence-electron chi connectivity index (χ2n) is 8.25. The van der Waals surface area contributed by atoms with E-state index in [1.165, 1.54) is 23.5 Å². The van der Waals surface area contributed by atoms with Crippen molar-refractivity contribution in [3.05, 3.63) is 66.4 Å². The molecule has 4 rings (SSSR count). The first-order valence-electron chi connectivity index (χ1n) is 10.8. The summed E-state index contributed by atoms with van der Waals surface area (Å²) in [6.07, 6.45) is 0.287. The van der Waals surface area contributed by atoms with Crippen LogP contribution in [0.3, 0.4) is 0 Å². The third kappa shape index (κ3) is 4.81. The molecule has 0 aliphatic carbocycles. The molecule has 0 radical (unpaired) electrons. The monoisotopic (exact) mass is 455 g/mol. The molecular weight excluding hydrogens is 431 g/mol. The van der Waals surface area contributed by atoms with Crippen LogP contribution < -0.4 is 10.2 Å². The number of nitrogens with one attached hydrogen (secondary N) is 1. The van der Waals surface area contributed by atoms with E-state index in [-0.39, 0.29) is 36.0 Å². The maximum atomic E-state index is 13.7. The summed E-state index contributed by atoms with van der Waals surface area (Å²) in [5.41, 5.74) is 1.78. The van der Waals surface area contributed by atoms with E-state index in [0.717, 1.165) is 5.56 Å². The number of carbonyl (C=O) groups is 1. The van der Waals surface area contributed by atoms with E-state index in [0.29, 0.717) is 17.8 Å².